The van der Waals surface area contributed by atoms with Crippen molar-refractivity contribution in [2.75, 3.05) is 6.61 Å². The van der Waals surface area contributed by atoms with Crippen molar-refractivity contribution in [3.63, 3.8) is 0 Å². The van der Waals surface area contributed by atoms with Crippen molar-refractivity contribution in [3.05, 3.63) is 66.0 Å². The van der Waals surface area contributed by atoms with Crippen molar-refractivity contribution < 1.29 is 27.0 Å². The summed E-state index contributed by atoms with van der Waals surface area (Å²) in [6.07, 6.45) is 0.498. The third-order valence-corrected chi connectivity index (χ3v) is 3.90. The first-order chi connectivity index (χ1) is 12.4. The van der Waals surface area contributed by atoms with Crippen LogP contribution in [0, 0.1) is 5.82 Å². The minimum absolute atomic E-state index is 0.154. The molecule has 1 aliphatic heterocycles. The number of hydrogen-bond donors (Lipinski definition) is 0. The molecule has 1 fully saturated rings. The third-order valence-electron chi connectivity index (χ3n) is 3.90. The molecule has 26 heavy (non-hydrogen) atoms. The topological polar surface area (TPSA) is 65.4 Å². The van der Waals surface area contributed by atoms with Gasteiger partial charge in [0.1, 0.15) is 22.9 Å². The normalized spacial score (nSPS) is 19.4. The fourth-order valence-corrected chi connectivity index (χ4v) is 2.77. The first-order valence-electron chi connectivity index (χ1n) is 7.40. The molecule has 1 aromatic carbocycles. The second-order valence-electron chi connectivity index (χ2n) is 5.52. The first-order valence-corrected chi connectivity index (χ1v) is 7.40. The zero-order valence-corrected chi connectivity index (χ0v) is 12.9. The molecule has 2 aromatic heterocycles. The summed E-state index contributed by atoms with van der Waals surface area (Å²) < 4.78 is 60.8. The van der Waals surface area contributed by atoms with Crippen LogP contribution < -0.4 is 4.74 Å². The van der Waals surface area contributed by atoms with E-state index < -0.39 is 17.8 Å². The molecule has 0 spiro atoms. The van der Waals surface area contributed by atoms with E-state index in [0.29, 0.717) is 5.56 Å². The van der Waals surface area contributed by atoms with Crippen LogP contribution in [0.2, 0.25) is 0 Å². The number of epoxide rings is 1. The van der Waals surface area contributed by atoms with Gasteiger partial charge in [-0.15, -0.1) is 18.0 Å². The number of benzene rings is 1. The largest absolute Gasteiger partial charge is 0.573 e. The molecule has 0 amide bonds. The molecule has 4 rings (SSSR count). The Kier molecular flexibility index (Phi) is 3.65. The number of hydrogen-bond acceptors (Lipinski definition) is 5. The van der Waals surface area contributed by atoms with Gasteiger partial charge in [0.05, 0.1) is 37.0 Å². The molecule has 134 valence electrons. The van der Waals surface area contributed by atoms with Crippen LogP contribution in [0.4, 0.5) is 17.6 Å². The molecular weight excluding hydrogens is 356 g/mol. The number of aromatic nitrogens is 4. The van der Waals surface area contributed by atoms with Crippen molar-refractivity contribution in [3.8, 4) is 11.4 Å². The van der Waals surface area contributed by atoms with Gasteiger partial charge in [-0.2, -0.15) is 10.2 Å². The first kappa shape index (κ1) is 16.5. The van der Waals surface area contributed by atoms with Gasteiger partial charge in [0.2, 0.25) is 0 Å². The molecule has 0 bridgehead atoms. The van der Waals surface area contributed by atoms with Gasteiger partial charge in [0, 0.05) is 0 Å². The summed E-state index contributed by atoms with van der Waals surface area (Å²) in [7, 11) is 0. The van der Waals surface area contributed by atoms with Crippen molar-refractivity contribution in [2.45, 2.75) is 12.0 Å². The molecular formula is C16H10F4N4O2. The molecule has 3 aromatic rings. The number of halogens is 4. The Labute approximate surface area is 144 Å². The smallest absolute Gasteiger partial charge is 0.406 e. The third kappa shape index (κ3) is 2.88. The van der Waals surface area contributed by atoms with E-state index in [1.54, 1.807) is 0 Å². The maximum atomic E-state index is 14.6. The predicted molar refractivity (Wildman–Crippen MR) is 79.0 cm³/mol. The molecule has 1 saturated heterocycles. The van der Waals surface area contributed by atoms with Crippen LogP contribution in [-0.4, -0.2) is 32.9 Å². The van der Waals surface area contributed by atoms with E-state index in [0.717, 1.165) is 18.3 Å². The fraction of sp³-hybridized carbons (Fsp3) is 0.188. The lowest BCUT2D eigenvalue weighted by atomic mass is 9.91. The van der Waals surface area contributed by atoms with E-state index in [2.05, 4.69) is 19.9 Å². The van der Waals surface area contributed by atoms with Crippen LogP contribution in [-0.2, 0) is 10.3 Å². The van der Waals surface area contributed by atoms with Gasteiger partial charge in [-0.05, 0) is 17.7 Å². The van der Waals surface area contributed by atoms with Gasteiger partial charge >= 0.3 is 6.36 Å². The Balaban J connectivity index is 1.75. The molecule has 0 saturated carbocycles. The van der Waals surface area contributed by atoms with Crippen molar-refractivity contribution in [1.29, 1.82) is 0 Å². The summed E-state index contributed by atoms with van der Waals surface area (Å²) in [4.78, 5) is 5.02. The molecule has 0 aliphatic carbocycles. The van der Waals surface area contributed by atoms with Gasteiger partial charge in [-0.25, -0.2) is 4.39 Å². The lowest BCUT2D eigenvalue weighted by molar-refractivity contribution is -0.274. The van der Waals surface area contributed by atoms with Crippen LogP contribution >= 0.6 is 0 Å². The molecule has 1 atom stereocenters. The zero-order valence-electron chi connectivity index (χ0n) is 12.9. The molecule has 0 N–H and O–H groups in total. The summed E-state index contributed by atoms with van der Waals surface area (Å²) in [5.41, 5.74) is -0.228. The van der Waals surface area contributed by atoms with Gasteiger partial charge in [0.15, 0.2) is 0 Å². The lowest BCUT2D eigenvalue weighted by Crippen LogP contribution is -2.19. The average Bonchev–Trinajstić information content (AvgIpc) is 3.19. The summed E-state index contributed by atoms with van der Waals surface area (Å²) >= 11 is 0. The average molecular weight is 366 g/mol. The number of nitrogens with zero attached hydrogens (tertiary/aromatic N) is 4. The number of ether oxygens (including phenoxy) is 2. The van der Waals surface area contributed by atoms with Crippen LogP contribution in [0.25, 0.3) is 5.69 Å². The van der Waals surface area contributed by atoms with E-state index in [4.69, 9.17) is 4.74 Å². The quantitative estimate of drug-likeness (QED) is 0.525. The Morgan fingerprint density at radius 3 is 2.31 bits per heavy atom. The maximum absolute atomic E-state index is 14.6. The van der Waals surface area contributed by atoms with Crippen molar-refractivity contribution in [2.24, 2.45) is 0 Å². The summed E-state index contributed by atoms with van der Waals surface area (Å²) in [6.45, 7) is 0.154. The van der Waals surface area contributed by atoms with E-state index >= 15 is 0 Å². The summed E-state index contributed by atoms with van der Waals surface area (Å²) in [6, 6.07) is 5.09. The minimum Gasteiger partial charge on any atom is -0.406 e. The number of pyridine rings is 1. The highest BCUT2D eigenvalue weighted by Crippen LogP contribution is 2.48. The Morgan fingerprint density at radius 1 is 1.08 bits per heavy atom. The van der Waals surface area contributed by atoms with Gasteiger partial charge in [-0.1, -0.05) is 12.1 Å². The van der Waals surface area contributed by atoms with E-state index in [1.165, 1.54) is 35.5 Å². The molecule has 1 aliphatic rings. The molecule has 1 unspecified atom stereocenters. The van der Waals surface area contributed by atoms with E-state index in [9.17, 15) is 17.6 Å². The Hall–Kier alpha value is -3.01. The van der Waals surface area contributed by atoms with Crippen LogP contribution in [0.3, 0.4) is 0 Å². The monoisotopic (exact) mass is 366 g/mol. The van der Waals surface area contributed by atoms with Crippen molar-refractivity contribution >= 4 is 0 Å². The van der Waals surface area contributed by atoms with Crippen LogP contribution in [0.15, 0.2) is 49.1 Å². The zero-order chi connectivity index (χ0) is 18.4. The second kappa shape index (κ2) is 5.77. The van der Waals surface area contributed by atoms with Gasteiger partial charge in [-0.3, -0.25) is 4.98 Å². The maximum Gasteiger partial charge on any atom is 0.573 e. The fourth-order valence-electron chi connectivity index (χ4n) is 2.77. The second-order valence-corrected chi connectivity index (χ2v) is 5.52. The SMILES string of the molecule is Fc1cncc(-n2nccn2)c1C1(c2ccc(OC(F)(F)F)cc2)CO1. The van der Waals surface area contributed by atoms with E-state index in [1.807, 2.05) is 0 Å². The van der Waals surface area contributed by atoms with E-state index in [-0.39, 0.29) is 23.6 Å². The molecule has 10 heteroatoms. The molecule has 3 heterocycles. The Bertz CT molecular complexity index is 922. The predicted octanol–water partition coefficient (Wildman–Crippen LogP) is 2.97. The summed E-state index contributed by atoms with van der Waals surface area (Å²) in [5, 5.41) is 7.95. The number of alkyl halides is 3. The Morgan fingerprint density at radius 2 is 1.73 bits per heavy atom. The van der Waals surface area contributed by atoms with Gasteiger partial charge in [0.25, 0.3) is 0 Å². The number of rotatable bonds is 4. The van der Waals surface area contributed by atoms with Crippen molar-refractivity contribution in [1.82, 2.24) is 20.0 Å². The molecule has 0 radical (unpaired) electrons. The lowest BCUT2D eigenvalue weighted by Gasteiger charge is -2.17. The van der Waals surface area contributed by atoms with Crippen LogP contribution in [0.1, 0.15) is 11.1 Å². The minimum atomic E-state index is -4.79. The highest BCUT2D eigenvalue weighted by atomic mass is 19.4. The standard InChI is InChI=1S/C16H10F4N4O2/c17-12-7-21-8-13(24-22-5-6-23-24)14(12)15(9-25-15)10-1-3-11(4-2-10)26-16(18,19)20/h1-8H,9H2. The van der Waals surface area contributed by atoms with Crippen LogP contribution in [0.5, 0.6) is 5.75 Å². The van der Waals surface area contributed by atoms with Gasteiger partial charge < -0.3 is 9.47 Å². The highest BCUT2D eigenvalue weighted by molar-refractivity contribution is 5.51. The molecule has 6 nitrogen and oxygen atoms in total. The summed E-state index contributed by atoms with van der Waals surface area (Å²) in [5.74, 6) is -1.01. The highest BCUT2D eigenvalue weighted by Gasteiger charge is 2.52.